The van der Waals surface area contributed by atoms with Gasteiger partial charge in [0.05, 0.1) is 40.2 Å². The highest BCUT2D eigenvalue weighted by atomic mass is 16.3. The van der Waals surface area contributed by atoms with Crippen LogP contribution in [0.15, 0.2) is 127 Å². The van der Waals surface area contributed by atoms with Gasteiger partial charge in [0.25, 0.3) is 0 Å². The van der Waals surface area contributed by atoms with Crippen LogP contribution in [-0.2, 0) is 17.9 Å². The quantitative estimate of drug-likeness (QED) is 0.101. The van der Waals surface area contributed by atoms with Crippen LogP contribution in [0, 0.1) is 0 Å². The molecule has 5 atom stereocenters. The van der Waals surface area contributed by atoms with E-state index in [2.05, 4.69) is 104 Å². The Labute approximate surface area is 358 Å². The van der Waals surface area contributed by atoms with E-state index in [9.17, 15) is 9.90 Å². The highest BCUT2D eigenvalue weighted by Gasteiger charge is 2.39. The fraction of sp³-hybridized carbons (Fsp3) is 0.340. The highest BCUT2D eigenvalue weighted by Crippen LogP contribution is 2.38. The van der Waals surface area contributed by atoms with Crippen molar-refractivity contribution < 1.29 is 9.90 Å². The number of hydrogen-bond donors (Lipinski definition) is 3. The number of aliphatic hydroxyl groups excluding tert-OH is 1. The summed E-state index contributed by atoms with van der Waals surface area (Å²) < 4.78 is 0. The molecule has 2 saturated heterocycles. The van der Waals surface area contributed by atoms with E-state index in [1.165, 1.54) is 11.1 Å². The van der Waals surface area contributed by atoms with E-state index in [1.54, 1.807) is 0 Å². The Kier molecular flexibility index (Phi) is 11.7. The van der Waals surface area contributed by atoms with Gasteiger partial charge in [-0.25, -0.2) is 9.97 Å². The number of aromatic nitrogens is 4. The van der Waals surface area contributed by atoms with Gasteiger partial charge >= 0.3 is 0 Å². The number of aromatic amines is 2. The first-order valence-corrected chi connectivity index (χ1v) is 21.7. The first kappa shape index (κ1) is 40.6. The Morgan fingerprint density at radius 1 is 0.672 bits per heavy atom. The van der Waals surface area contributed by atoms with Crippen molar-refractivity contribution >= 4 is 33.7 Å². The number of nitrogens with zero attached hydrogens (tertiary/aromatic N) is 7. The molecule has 1 unspecified atom stereocenters. The molecule has 314 valence electrons. The van der Waals surface area contributed by atoms with Gasteiger partial charge in [0.2, 0.25) is 5.91 Å². The zero-order chi connectivity index (χ0) is 42.0. The van der Waals surface area contributed by atoms with Gasteiger partial charge in [-0.3, -0.25) is 19.5 Å². The number of rotatable bonds is 14. The van der Waals surface area contributed by atoms with Crippen LogP contribution in [-0.4, -0.2) is 98.1 Å². The number of nitrogens with one attached hydrogen (secondary N) is 2. The molecule has 2 aliphatic heterocycles. The summed E-state index contributed by atoms with van der Waals surface area (Å²) >= 11 is 0. The highest BCUT2D eigenvalue weighted by molar-refractivity contribution is 5.84. The van der Waals surface area contributed by atoms with Crippen molar-refractivity contribution in [3.63, 3.8) is 0 Å². The number of carbonyl (C=O) groups excluding carboxylic acids is 1. The number of likely N-dealkylation sites (tertiary alicyclic amines) is 2. The molecule has 0 spiro atoms. The van der Waals surface area contributed by atoms with Crippen molar-refractivity contribution in [1.29, 1.82) is 0 Å². The van der Waals surface area contributed by atoms with Crippen LogP contribution < -0.4 is 4.90 Å². The molecule has 2 fully saturated rings. The number of aliphatic hydroxyl groups is 1. The Bertz CT molecular complexity index is 2560. The predicted octanol–water partition coefficient (Wildman–Crippen LogP) is 8.37. The van der Waals surface area contributed by atoms with Crippen LogP contribution in [0.4, 0.5) is 5.69 Å². The summed E-state index contributed by atoms with van der Waals surface area (Å²) in [5.41, 5.74) is 9.38. The molecule has 2 aromatic heterocycles. The van der Waals surface area contributed by atoms with E-state index in [4.69, 9.17) is 9.97 Å². The van der Waals surface area contributed by atoms with Crippen molar-refractivity contribution in [2.75, 3.05) is 46.2 Å². The summed E-state index contributed by atoms with van der Waals surface area (Å²) in [6.45, 7) is 2.92. The van der Waals surface area contributed by atoms with Crippen LogP contribution in [0.2, 0.25) is 0 Å². The zero-order valence-electron chi connectivity index (χ0n) is 35.7. The number of H-pyrrole nitrogens is 2. The first-order chi connectivity index (χ1) is 29.7. The van der Waals surface area contributed by atoms with Gasteiger partial charge in [-0.15, -0.1) is 0 Å². The summed E-state index contributed by atoms with van der Waals surface area (Å²) in [6, 6.07) is 43.3. The minimum absolute atomic E-state index is 0.00257. The smallest absolute Gasteiger partial charge is 0.245 e. The average Bonchev–Trinajstić information content (AvgIpc) is 4.10. The Morgan fingerprint density at radius 3 is 1.77 bits per heavy atom. The second-order valence-corrected chi connectivity index (χ2v) is 17.2. The lowest BCUT2D eigenvalue weighted by Crippen LogP contribution is -2.44. The fourth-order valence-corrected chi connectivity index (χ4v) is 9.72. The van der Waals surface area contributed by atoms with Gasteiger partial charge in [-0.05, 0) is 113 Å². The lowest BCUT2D eigenvalue weighted by molar-refractivity contribution is -0.137. The van der Waals surface area contributed by atoms with E-state index < -0.39 is 6.23 Å². The van der Waals surface area contributed by atoms with Crippen LogP contribution in [0.25, 0.3) is 22.1 Å². The number of likely N-dealkylation sites (N-methyl/N-ethyl adjacent to an activating group) is 2. The number of imidazole rings is 2. The van der Waals surface area contributed by atoms with Crippen molar-refractivity contribution in [2.45, 2.75) is 69.2 Å². The van der Waals surface area contributed by atoms with E-state index in [-0.39, 0.29) is 30.1 Å². The molecular weight excluding hydrogens is 759 g/mol. The lowest BCUT2D eigenvalue weighted by atomic mass is 10.0. The molecule has 0 saturated carbocycles. The third-order valence-corrected chi connectivity index (χ3v) is 12.6. The molecule has 11 nitrogen and oxygen atoms in total. The van der Waals surface area contributed by atoms with Crippen molar-refractivity contribution in [1.82, 2.24) is 39.5 Å². The maximum absolute atomic E-state index is 14.1. The molecule has 9 rings (SSSR count). The molecule has 3 N–H and O–H groups in total. The summed E-state index contributed by atoms with van der Waals surface area (Å²) in [5, 5.41) is 11.8. The van der Waals surface area contributed by atoms with Crippen molar-refractivity contribution in [3.8, 4) is 0 Å². The minimum atomic E-state index is -0.678. The summed E-state index contributed by atoms with van der Waals surface area (Å²) in [4.78, 5) is 42.3. The van der Waals surface area contributed by atoms with Gasteiger partial charge < -0.3 is 24.9 Å². The Balaban J connectivity index is 0.935. The predicted molar refractivity (Wildman–Crippen MR) is 243 cm³/mol. The largest absolute Gasteiger partial charge is 0.376 e. The molecule has 1 amide bonds. The fourth-order valence-electron chi connectivity index (χ4n) is 9.72. The Morgan fingerprint density at radius 2 is 1.20 bits per heavy atom. The number of amides is 1. The van der Waals surface area contributed by atoms with E-state index in [1.807, 2.05) is 86.5 Å². The molecule has 5 aromatic carbocycles. The number of benzene rings is 5. The SMILES string of the molecule is CN(C)[C@H](c1ccccc1)C(O)N1CCC[C@H]1c1nc2ccc(CN(Cc3ccc4nc([C@@H]5CCCN5C(=O)[C@@H](c5ccccc5)N(C)C)[nH]c4c3)c3ccccc3)cc2[nH]1. The van der Waals surface area contributed by atoms with E-state index in [0.29, 0.717) is 13.1 Å². The molecule has 0 bridgehead atoms. The average molecular weight is 816 g/mol. The molecule has 11 heteroatoms. The summed E-state index contributed by atoms with van der Waals surface area (Å²) in [7, 11) is 8.00. The second kappa shape index (κ2) is 17.6. The maximum Gasteiger partial charge on any atom is 0.245 e. The van der Waals surface area contributed by atoms with Gasteiger partial charge in [0.15, 0.2) is 0 Å². The van der Waals surface area contributed by atoms with Crippen LogP contribution >= 0.6 is 0 Å². The number of fused-ring (bicyclic) bond motifs is 2. The molecule has 7 aromatic rings. The van der Waals surface area contributed by atoms with Crippen molar-refractivity contribution in [3.05, 3.63) is 161 Å². The lowest BCUT2D eigenvalue weighted by Gasteiger charge is -2.37. The van der Waals surface area contributed by atoms with Crippen LogP contribution in [0.1, 0.15) is 83.8 Å². The summed E-state index contributed by atoms with van der Waals surface area (Å²) in [5.74, 6) is 1.86. The topological polar surface area (TPSA) is 111 Å². The molecule has 2 aliphatic rings. The minimum Gasteiger partial charge on any atom is -0.376 e. The van der Waals surface area contributed by atoms with Gasteiger partial charge in [-0.2, -0.15) is 0 Å². The molecule has 4 heterocycles. The standard InChI is InChI=1S/C50H57N9O2/c1-55(2)45(36-16-8-5-9-17-36)49(60)58-28-14-22-43(58)47-51-39-26-24-34(30-41(39)53-47)32-57(38-20-12-7-13-21-38)33-35-25-27-40-42(31-35)54-48(52-40)44-23-15-29-59(44)50(61)46(56(3)4)37-18-10-6-11-19-37/h5-13,16-21,24-27,30-31,43-46,49,60H,14-15,22-23,28-29,32-33H2,1-4H3,(H,51,53)(H,52,54)/t43-,44-,45+,46+,49?/m0/s1. The molecule has 61 heavy (non-hydrogen) atoms. The van der Waals surface area contributed by atoms with E-state index in [0.717, 1.165) is 89.3 Å². The molecule has 0 radical (unpaired) electrons. The third kappa shape index (κ3) is 8.43. The number of anilines is 1. The zero-order valence-corrected chi connectivity index (χ0v) is 35.7. The first-order valence-electron chi connectivity index (χ1n) is 21.7. The van der Waals surface area contributed by atoms with Crippen molar-refractivity contribution in [2.24, 2.45) is 0 Å². The normalized spacial score (nSPS) is 18.7. The van der Waals surface area contributed by atoms with Crippen LogP contribution in [0.3, 0.4) is 0 Å². The Hall–Kier alpha value is -5.85. The number of hydrogen-bond acceptors (Lipinski definition) is 8. The van der Waals surface area contributed by atoms with E-state index >= 15 is 0 Å². The number of para-hydroxylation sites is 1. The third-order valence-electron chi connectivity index (χ3n) is 12.6. The molecule has 0 aliphatic carbocycles. The summed E-state index contributed by atoms with van der Waals surface area (Å²) in [6.07, 6.45) is 3.08. The number of carbonyl (C=O) groups is 1. The molecular formula is C50H57N9O2. The van der Waals surface area contributed by atoms with Gasteiger partial charge in [-0.1, -0.05) is 91.0 Å². The second-order valence-electron chi connectivity index (χ2n) is 17.2. The van der Waals surface area contributed by atoms with Gasteiger partial charge in [0.1, 0.15) is 23.9 Å². The van der Waals surface area contributed by atoms with Crippen LogP contribution in [0.5, 0.6) is 0 Å². The van der Waals surface area contributed by atoms with Gasteiger partial charge in [0, 0.05) is 31.9 Å². The maximum atomic E-state index is 14.1. The monoisotopic (exact) mass is 815 g/mol.